The zero-order chi connectivity index (χ0) is 16.3. The lowest BCUT2D eigenvalue weighted by Crippen LogP contribution is -2.48. The van der Waals surface area contributed by atoms with Crippen LogP contribution in [0.4, 0.5) is 8.78 Å². The van der Waals surface area contributed by atoms with Gasteiger partial charge in [0.15, 0.2) is 0 Å². The molecule has 2 amide bonds. The van der Waals surface area contributed by atoms with Gasteiger partial charge in [-0.15, -0.1) is 0 Å². The third-order valence-electron chi connectivity index (χ3n) is 3.96. The largest absolute Gasteiger partial charge is 0.369 e. The second-order valence-corrected chi connectivity index (χ2v) is 5.48. The van der Waals surface area contributed by atoms with Crippen molar-refractivity contribution in [3.8, 4) is 0 Å². The number of likely N-dealkylation sites (tertiary alicyclic amines) is 1. The minimum absolute atomic E-state index is 0.0433. The van der Waals surface area contributed by atoms with Gasteiger partial charge < -0.3 is 10.6 Å². The SMILES string of the molecule is C[C@@H]1CC[C@@H](C(N)=O)CN1C(=O)/C=C/c1c(F)cccc1F. The third-order valence-corrected chi connectivity index (χ3v) is 3.96. The van der Waals surface area contributed by atoms with Crippen LogP contribution in [0.2, 0.25) is 0 Å². The summed E-state index contributed by atoms with van der Waals surface area (Å²) in [7, 11) is 0. The van der Waals surface area contributed by atoms with E-state index >= 15 is 0 Å². The smallest absolute Gasteiger partial charge is 0.246 e. The van der Waals surface area contributed by atoms with Crippen molar-refractivity contribution in [3.05, 3.63) is 41.5 Å². The van der Waals surface area contributed by atoms with Crippen LogP contribution in [0, 0.1) is 17.6 Å². The van der Waals surface area contributed by atoms with Gasteiger partial charge in [-0.2, -0.15) is 0 Å². The van der Waals surface area contributed by atoms with Crippen LogP contribution in [-0.2, 0) is 9.59 Å². The molecule has 1 aliphatic rings. The Morgan fingerprint density at radius 2 is 1.91 bits per heavy atom. The summed E-state index contributed by atoms with van der Waals surface area (Å²) in [5, 5.41) is 0. The molecule has 22 heavy (non-hydrogen) atoms. The summed E-state index contributed by atoms with van der Waals surface area (Å²) in [6, 6.07) is 3.46. The molecule has 0 aliphatic carbocycles. The minimum Gasteiger partial charge on any atom is -0.369 e. The molecule has 0 bridgehead atoms. The molecule has 6 heteroatoms. The highest BCUT2D eigenvalue weighted by molar-refractivity contribution is 5.92. The van der Waals surface area contributed by atoms with E-state index in [1.807, 2.05) is 6.92 Å². The molecule has 2 atom stereocenters. The second-order valence-electron chi connectivity index (χ2n) is 5.48. The Morgan fingerprint density at radius 1 is 1.27 bits per heavy atom. The Balaban J connectivity index is 2.13. The average Bonchev–Trinajstić information content (AvgIpc) is 2.46. The predicted molar refractivity (Wildman–Crippen MR) is 78.5 cm³/mol. The van der Waals surface area contributed by atoms with E-state index in [0.717, 1.165) is 24.3 Å². The molecule has 1 saturated heterocycles. The van der Waals surface area contributed by atoms with Gasteiger partial charge in [-0.3, -0.25) is 9.59 Å². The highest BCUT2D eigenvalue weighted by atomic mass is 19.1. The maximum Gasteiger partial charge on any atom is 0.246 e. The molecule has 2 N–H and O–H groups in total. The lowest BCUT2D eigenvalue weighted by Gasteiger charge is -2.36. The number of hydrogen-bond acceptors (Lipinski definition) is 2. The van der Waals surface area contributed by atoms with Crippen molar-refractivity contribution >= 4 is 17.9 Å². The second kappa shape index (κ2) is 6.68. The minimum atomic E-state index is -0.731. The van der Waals surface area contributed by atoms with Crippen molar-refractivity contribution in [3.63, 3.8) is 0 Å². The van der Waals surface area contributed by atoms with Crippen molar-refractivity contribution in [2.24, 2.45) is 11.7 Å². The molecular weight excluding hydrogens is 290 g/mol. The first-order valence-corrected chi connectivity index (χ1v) is 7.12. The maximum atomic E-state index is 13.5. The number of carbonyl (C=O) groups is 2. The van der Waals surface area contributed by atoms with E-state index in [1.54, 1.807) is 0 Å². The first-order valence-electron chi connectivity index (χ1n) is 7.12. The summed E-state index contributed by atoms with van der Waals surface area (Å²) in [5.41, 5.74) is 5.03. The fourth-order valence-corrected chi connectivity index (χ4v) is 2.57. The van der Waals surface area contributed by atoms with E-state index in [4.69, 9.17) is 5.73 Å². The molecule has 118 valence electrons. The summed E-state index contributed by atoms with van der Waals surface area (Å²) in [6.07, 6.45) is 3.56. The van der Waals surface area contributed by atoms with Crippen LogP contribution in [-0.4, -0.2) is 29.3 Å². The fourth-order valence-electron chi connectivity index (χ4n) is 2.57. The van der Waals surface area contributed by atoms with Gasteiger partial charge in [0.2, 0.25) is 11.8 Å². The van der Waals surface area contributed by atoms with Crippen LogP contribution in [0.15, 0.2) is 24.3 Å². The van der Waals surface area contributed by atoms with E-state index in [9.17, 15) is 18.4 Å². The van der Waals surface area contributed by atoms with Crippen LogP contribution in [0.5, 0.6) is 0 Å². The topological polar surface area (TPSA) is 63.4 Å². The van der Waals surface area contributed by atoms with Gasteiger partial charge in [0.25, 0.3) is 0 Å². The van der Waals surface area contributed by atoms with Gasteiger partial charge in [-0.1, -0.05) is 6.07 Å². The maximum absolute atomic E-state index is 13.5. The molecule has 2 rings (SSSR count). The van der Waals surface area contributed by atoms with E-state index in [1.165, 1.54) is 11.0 Å². The quantitative estimate of drug-likeness (QED) is 0.869. The van der Waals surface area contributed by atoms with Crippen molar-refractivity contribution < 1.29 is 18.4 Å². The number of nitrogens with two attached hydrogens (primary N) is 1. The van der Waals surface area contributed by atoms with Gasteiger partial charge in [0, 0.05) is 24.2 Å². The number of primary amides is 1. The number of rotatable bonds is 3. The summed E-state index contributed by atoms with van der Waals surface area (Å²) in [6.45, 7) is 2.10. The Bertz CT molecular complexity index is 596. The van der Waals surface area contributed by atoms with E-state index in [-0.39, 0.29) is 30.0 Å². The number of carbonyl (C=O) groups excluding carboxylic acids is 2. The van der Waals surface area contributed by atoms with Gasteiger partial charge in [-0.25, -0.2) is 8.78 Å². The Kier molecular flexibility index (Phi) is 4.90. The molecule has 1 fully saturated rings. The van der Waals surface area contributed by atoms with Gasteiger partial charge >= 0.3 is 0 Å². The number of amides is 2. The summed E-state index contributed by atoms with van der Waals surface area (Å²) < 4.78 is 27.0. The monoisotopic (exact) mass is 308 g/mol. The molecule has 1 aliphatic heterocycles. The van der Waals surface area contributed by atoms with Crippen LogP contribution in [0.3, 0.4) is 0 Å². The molecule has 0 radical (unpaired) electrons. The third kappa shape index (κ3) is 3.50. The Morgan fingerprint density at radius 3 is 2.50 bits per heavy atom. The van der Waals surface area contributed by atoms with Crippen LogP contribution < -0.4 is 5.73 Å². The molecule has 0 unspecified atom stereocenters. The zero-order valence-corrected chi connectivity index (χ0v) is 12.3. The predicted octanol–water partition coefficient (Wildman–Crippen LogP) is 2.09. The molecule has 1 aromatic rings. The van der Waals surface area contributed by atoms with Crippen LogP contribution >= 0.6 is 0 Å². The molecule has 4 nitrogen and oxygen atoms in total. The van der Waals surface area contributed by atoms with Crippen molar-refractivity contribution in [2.75, 3.05) is 6.54 Å². The molecule has 0 saturated carbocycles. The molecular formula is C16H18F2N2O2. The summed E-state index contributed by atoms with van der Waals surface area (Å²) in [4.78, 5) is 25.0. The average molecular weight is 308 g/mol. The standard InChI is InChI=1S/C16H18F2N2O2/c1-10-5-6-11(16(19)22)9-20(10)15(21)8-7-12-13(17)3-2-4-14(12)18/h2-4,7-8,10-11H,5-6,9H2,1H3,(H2,19,22)/b8-7+/t10-,11-/m1/s1. The normalized spacial score (nSPS) is 22.0. The lowest BCUT2D eigenvalue weighted by atomic mass is 9.93. The number of nitrogens with zero attached hydrogens (tertiary/aromatic N) is 1. The van der Waals surface area contributed by atoms with Crippen LogP contribution in [0.1, 0.15) is 25.3 Å². The highest BCUT2D eigenvalue weighted by Crippen LogP contribution is 2.22. The number of halogens is 2. The summed E-state index contributed by atoms with van der Waals surface area (Å²) >= 11 is 0. The molecule has 1 aromatic carbocycles. The van der Waals surface area contributed by atoms with Gasteiger partial charge in [0.05, 0.1) is 5.92 Å². The lowest BCUT2D eigenvalue weighted by molar-refractivity contribution is -0.133. The first kappa shape index (κ1) is 16.1. The van der Waals surface area contributed by atoms with Crippen molar-refractivity contribution in [1.82, 2.24) is 4.90 Å². The number of hydrogen-bond donors (Lipinski definition) is 1. The number of benzene rings is 1. The van der Waals surface area contributed by atoms with Gasteiger partial charge in [-0.05, 0) is 38.0 Å². The van der Waals surface area contributed by atoms with Crippen LogP contribution in [0.25, 0.3) is 6.08 Å². The van der Waals surface area contributed by atoms with Crippen molar-refractivity contribution in [1.29, 1.82) is 0 Å². The molecule has 0 spiro atoms. The zero-order valence-electron chi connectivity index (χ0n) is 12.3. The highest BCUT2D eigenvalue weighted by Gasteiger charge is 2.30. The van der Waals surface area contributed by atoms with Gasteiger partial charge in [0.1, 0.15) is 11.6 Å². The number of piperidine rings is 1. The first-order chi connectivity index (χ1) is 10.4. The Hall–Kier alpha value is -2.24. The van der Waals surface area contributed by atoms with E-state index in [0.29, 0.717) is 12.8 Å². The van der Waals surface area contributed by atoms with E-state index < -0.39 is 17.5 Å². The van der Waals surface area contributed by atoms with Crippen molar-refractivity contribution in [2.45, 2.75) is 25.8 Å². The van der Waals surface area contributed by atoms with E-state index in [2.05, 4.69) is 0 Å². The molecule has 1 heterocycles. The Labute approximate surface area is 127 Å². The fraction of sp³-hybridized carbons (Fsp3) is 0.375. The molecule has 0 aromatic heterocycles. The summed E-state index contributed by atoms with van der Waals surface area (Å²) in [5.74, 6) is -2.66.